The zero-order valence-corrected chi connectivity index (χ0v) is 8.45. The molecular formula is C9H14N4O2. The van der Waals surface area contributed by atoms with Crippen LogP contribution in [0, 0.1) is 0 Å². The van der Waals surface area contributed by atoms with E-state index in [4.69, 9.17) is 0 Å². The number of aliphatic imine (C=N–C) groups is 1. The first kappa shape index (κ1) is 10.3. The van der Waals surface area contributed by atoms with Gasteiger partial charge in [-0.1, -0.05) is 0 Å². The van der Waals surface area contributed by atoms with Gasteiger partial charge in [-0.2, -0.15) is 4.99 Å². The van der Waals surface area contributed by atoms with Gasteiger partial charge in [0.1, 0.15) is 12.3 Å². The number of amidine groups is 1. The summed E-state index contributed by atoms with van der Waals surface area (Å²) in [6.45, 7) is 4.27. The van der Waals surface area contributed by atoms with Crippen molar-refractivity contribution < 1.29 is 9.59 Å². The number of nitrogens with one attached hydrogen (secondary N) is 2. The van der Waals surface area contributed by atoms with Gasteiger partial charge < -0.3 is 10.6 Å². The topological polar surface area (TPSA) is 73.8 Å². The van der Waals surface area contributed by atoms with E-state index in [1.54, 1.807) is 0 Å². The SMILES string of the molecule is O=C1CC(=O)NC(CN2CCNCC2)=N1. The Balaban J connectivity index is 1.92. The lowest BCUT2D eigenvalue weighted by Gasteiger charge is -2.28. The predicted molar refractivity (Wildman–Crippen MR) is 54.5 cm³/mol. The van der Waals surface area contributed by atoms with Gasteiger partial charge in [0.25, 0.3) is 5.91 Å². The molecule has 0 aromatic heterocycles. The minimum absolute atomic E-state index is 0.120. The lowest BCUT2D eigenvalue weighted by molar-refractivity contribution is -0.127. The summed E-state index contributed by atoms with van der Waals surface area (Å²) in [6.07, 6.45) is -0.120. The highest BCUT2D eigenvalue weighted by Gasteiger charge is 2.20. The molecule has 2 heterocycles. The molecule has 1 fully saturated rings. The van der Waals surface area contributed by atoms with Crippen LogP contribution in [0.25, 0.3) is 0 Å². The summed E-state index contributed by atoms with van der Waals surface area (Å²) >= 11 is 0. The summed E-state index contributed by atoms with van der Waals surface area (Å²) in [4.78, 5) is 28.1. The van der Waals surface area contributed by atoms with Crippen LogP contribution in [0.3, 0.4) is 0 Å². The van der Waals surface area contributed by atoms with Gasteiger partial charge in [0.05, 0.1) is 6.54 Å². The van der Waals surface area contributed by atoms with Crippen molar-refractivity contribution >= 4 is 17.6 Å². The first-order valence-corrected chi connectivity index (χ1v) is 5.07. The maximum Gasteiger partial charge on any atom is 0.256 e. The van der Waals surface area contributed by atoms with Gasteiger partial charge in [-0.3, -0.25) is 14.5 Å². The average molecular weight is 210 g/mol. The molecule has 2 aliphatic rings. The van der Waals surface area contributed by atoms with Crippen molar-refractivity contribution in [3.05, 3.63) is 0 Å². The fourth-order valence-electron chi connectivity index (χ4n) is 1.72. The Bertz CT molecular complexity index is 307. The van der Waals surface area contributed by atoms with Crippen molar-refractivity contribution in [2.75, 3.05) is 32.7 Å². The molecule has 0 unspecified atom stereocenters. The van der Waals surface area contributed by atoms with E-state index < -0.39 is 0 Å². The van der Waals surface area contributed by atoms with Crippen LogP contribution < -0.4 is 10.6 Å². The van der Waals surface area contributed by atoms with Gasteiger partial charge >= 0.3 is 0 Å². The molecule has 0 aromatic rings. The van der Waals surface area contributed by atoms with Gasteiger partial charge in [0.15, 0.2) is 0 Å². The van der Waals surface area contributed by atoms with E-state index in [0.717, 1.165) is 26.2 Å². The second kappa shape index (κ2) is 4.50. The molecule has 82 valence electrons. The van der Waals surface area contributed by atoms with Crippen LogP contribution in [0.1, 0.15) is 6.42 Å². The standard InChI is InChI=1S/C9H14N4O2/c14-8-5-9(15)12-7(11-8)6-13-3-1-10-2-4-13/h10H,1-6H2,(H,11,12,14,15). The van der Waals surface area contributed by atoms with E-state index in [0.29, 0.717) is 12.4 Å². The van der Waals surface area contributed by atoms with Crippen LogP contribution >= 0.6 is 0 Å². The zero-order chi connectivity index (χ0) is 10.7. The molecule has 2 rings (SSSR count). The first-order chi connectivity index (χ1) is 7.24. The van der Waals surface area contributed by atoms with Crippen molar-refractivity contribution in [3.8, 4) is 0 Å². The van der Waals surface area contributed by atoms with E-state index in [2.05, 4.69) is 20.5 Å². The van der Waals surface area contributed by atoms with E-state index in [9.17, 15) is 9.59 Å². The number of carbonyl (C=O) groups excluding carboxylic acids is 2. The normalized spacial score (nSPS) is 23.6. The molecule has 2 amide bonds. The Morgan fingerprint density at radius 3 is 2.67 bits per heavy atom. The zero-order valence-electron chi connectivity index (χ0n) is 8.45. The van der Waals surface area contributed by atoms with E-state index >= 15 is 0 Å². The van der Waals surface area contributed by atoms with Crippen molar-refractivity contribution in [3.63, 3.8) is 0 Å². The lowest BCUT2D eigenvalue weighted by atomic mass is 10.3. The molecule has 6 nitrogen and oxygen atoms in total. The Labute approximate surface area is 87.7 Å². The van der Waals surface area contributed by atoms with Crippen LogP contribution in [-0.2, 0) is 9.59 Å². The molecule has 0 atom stereocenters. The maximum atomic E-state index is 11.1. The molecular weight excluding hydrogens is 196 g/mol. The number of hydrogen-bond acceptors (Lipinski definition) is 4. The largest absolute Gasteiger partial charge is 0.314 e. The van der Waals surface area contributed by atoms with Gasteiger partial charge in [-0.15, -0.1) is 0 Å². The summed E-state index contributed by atoms with van der Waals surface area (Å²) in [7, 11) is 0. The number of nitrogens with zero attached hydrogens (tertiary/aromatic N) is 2. The second-order valence-corrected chi connectivity index (χ2v) is 3.70. The molecule has 0 radical (unpaired) electrons. The number of rotatable bonds is 2. The van der Waals surface area contributed by atoms with Crippen LogP contribution in [0.4, 0.5) is 0 Å². The molecule has 1 saturated heterocycles. The van der Waals surface area contributed by atoms with E-state index in [1.807, 2.05) is 0 Å². The van der Waals surface area contributed by atoms with Crippen molar-refractivity contribution in [2.45, 2.75) is 6.42 Å². The highest BCUT2D eigenvalue weighted by atomic mass is 16.2. The highest BCUT2D eigenvalue weighted by molar-refractivity contribution is 6.14. The third-order valence-corrected chi connectivity index (χ3v) is 2.44. The third-order valence-electron chi connectivity index (χ3n) is 2.44. The Morgan fingerprint density at radius 1 is 1.27 bits per heavy atom. The Morgan fingerprint density at radius 2 is 2.00 bits per heavy atom. The Kier molecular flexibility index (Phi) is 3.08. The molecule has 0 bridgehead atoms. The van der Waals surface area contributed by atoms with Crippen LogP contribution in [-0.4, -0.2) is 55.3 Å². The van der Waals surface area contributed by atoms with Gasteiger partial charge in [-0.05, 0) is 0 Å². The molecule has 0 aliphatic carbocycles. The van der Waals surface area contributed by atoms with Crippen molar-refractivity contribution in [2.24, 2.45) is 4.99 Å². The van der Waals surface area contributed by atoms with Gasteiger partial charge in [0, 0.05) is 26.2 Å². The van der Waals surface area contributed by atoms with Crippen molar-refractivity contribution in [1.29, 1.82) is 0 Å². The minimum Gasteiger partial charge on any atom is -0.314 e. The minimum atomic E-state index is -0.344. The maximum absolute atomic E-state index is 11.1. The quantitative estimate of drug-likeness (QED) is 0.535. The van der Waals surface area contributed by atoms with Crippen LogP contribution in [0.15, 0.2) is 4.99 Å². The molecule has 0 spiro atoms. The summed E-state index contributed by atoms with van der Waals surface area (Å²) in [5.74, 6) is -0.109. The molecule has 15 heavy (non-hydrogen) atoms. The summed E-state index contributed by atoms with van der Waals surface area (Å²) < 4.78 is 0. The third kappa shape index (κ3) is 2.84. The van der Waals surface area contributed by atoms with Crippen LogP contribution in [0.2, 0.25) is 0 Å². The molecule has 2 aliphatic heterocycles. The molecule has 6 heteroatoms. The molecule has 0 aromatic carbocycles. The predicted octanol–water partition coefficient (Wildman–Crippen LogP) is -1.66. The second-order valence-electron chi connectivity index (χ2n) is 3.70. The van der Waals surface area contributed by atoms with E-state index in [1.165, 1.54) is 0 Å². The Hall–Kier alpha value is -1.27. The number of amides is 2. The molecule has 2 N–H and O–H groups in total. The monoisotopic (exact) mass is 210 g/mol. The van der Waals surface area contributed by atoms with Crippen LogP contribution in [0.5, 0.6) is 0 Å². The summed E-state index contributed by atoms with van der Waals surface area (Å²) in [5.41, 5.74) is 0. The average Bonchev–Trinajstić information content (AvgIpc) is 2.17. The summed E-state index contributed by atoms with van der Waals surface area (Å²) in [5, 5.41) is 5.86. The fraction of sp³-hybridized carbons (Fsp3) is 0.667. The van der Waals surface area contributed by atoms with Gasteiger partial charge in [-0.25, -0.2) is 0 Å². The molecule has 0 saturated carbocycles. The van der Waals surface area contributed by atoms with E-state index in [-0.39, 0.29) is 18.2 Å². The van der Waals surface area contributed by atoms with Gasteiger partial charge in [0.2, 0.25) is 5.91 Å². The highest BCUT2D eigenvalue weighted by Crippen LogP contribution is 1.98. The number of carbonyl (C=O) groups is 2. The lowest BCUT2D eigenvalue weighted by Crippen LogP contribution is -2.49. The smallest absolute Gasteiger partial charge is 0.256 e. The number of piperazine rings is 1. The first-order valence-electron chi connectivity index (χ1n) is 5.07. The number of hydrogen-bond donors (Lipinski definition) is 2. The summed E-state index contributed by atoms with van der Waals surface area (Å²) in [6, 6.07) is 0. The fourth-order valence-corrected chi connectivity index (χ4v) is 1.72. The van der Waals surface area contributed by atoms with Crippen molar-refractivity contribution in [1.82, 2.24) is 15.5 Å².